The number of nitrogens with zero attached hydrogens (tertiary/aromatic N) is 1. The number of carbonyl (C=O) groups is 1. The quantitative estimate of drug-likeness (QED) is 0.635. The number of pyridine rings is 1. The highest BCUT2D eigenvalue weighted by molar-refractivity contribution is 5.85. The summed E-state index contributed by atoms with van der Waals surface area (Å²) < 4.78 is 5.37. The standard InChI is InChI=1S/C16H19NO3.C6H5NO2/c1-11-9-15(19)20-16-12(11)5-6-14(18)13(16)10-17-7-3-2-4-8-17;8-6(9)5-2-1-3-7-4-5/h5-6,9,18H,2-4,7-8,10H2,1H3;1-4H,(H,8,9). The van der Waals surface area contributed by atoms with Crippen molar-refractivity contribution >= 4 is 16.9 Å². The van der Waals surface area contributed by atoms with Crippen molar-refractivity contribution in [3.8, 4) is 5.75 Å². The number of phenolic OH excluding ortho intramolecular Hbond substituents is 1. The number of aromatic hydroxyl groups is 1. The van der Waals surface area contributed by atoms with Gasteiger partial charge in [-0.05, 0) is 49.9 Å². The third-order valence-electron chi connectivity index (χ3n) is 5.08. The van der Waals surface area contributed by atoms with Crippen molar-refractivity contribution < 1.29 is 24.3 Å². The largest absolute Gasteiger partial charge is 0.545 e. The van der Waals surface area contributed by atoms with Gasteiger partial charge in [-0.1, -0.05) is 6.07 Å². The van der Waals surface area contributed by atoms with E-state index >= 15 is 0 Å². The highest BCUT2D eigenvalue weighted by atomic mass is 16.4. The maximum atomic E-state index is 11.6. The van der Waals surface area contributed by atoms with Gasteiger partial charge in [0, 0.05) is 29.4 Å². The summed E-state index contributed by atoms with van der Waals surface area (Å²) in [7, 11) is 0. The van der Waals surface area contributed by atoms with Crippen LogP contribution in [0.5, 0.6) is 5.75 Å². The number of carboxylic acids is 1. The predicted octanol–water partition coefficient (Wildman–Crippen LogP) is 0.821. The number of nitrogens with one attached hydrogen (secondary N) is 1. The second kappa shape index (κ2) is 9.34. The second-order valence-electron chi connectivity index (χ2n) is 7.20. The van der Waals surface area contributed by atoms with Crippen LogP contribution >= 0.6 is 0 Å². The zero-order chi connectivity index (χ0) is 20.8. The van der Waals surface area contributed by atoms with Gasteiger partial charge in [0.1, 0.15) is 12.3 Å². The Hall–Kier alpha value is -3.19. The number of carbonyl (C=O) groups excluding carboxylic acids is 1. The van der Waals surface area contributed by atoms with Crippen molar-refractivity contribution in [1.82, 2.24) is 4.98 Å². The molecule has 0 bridgehead atoms. The highest BCUT2D eigenvalue weighted by Crippen LogP contribution is 2.27. The monoisotopic (exact) mass is 396 g/mol. The Bertz CT molecular complexity index is 1040. The molecule has 0 aliphatic carbocycles. The van der Waals surface area contributed by atoms with Crippen LogP contribution in [-0.2, 0) is 6.54 Å². The van der Waals surface area contributed by atoms with Gasteiger partial charge in [0.15, 0.2) is 5.58 Å². The minimum atomic E-state index is -1.19. The summed E-state index contributed by atoms with van der Waals surface area (Å²) in [6, 6.07) is 8.00. The Kier molecular flexibility index (Phi) is 6.61. The number of likely N-dealkylation sites (tertiary alicyclic amines) is 1. The molecule has 4 rings (SSSR count). The van der Waals surface area contributed by atoms with E-state index in [-0.39, 0.29) is 16.9 Å². The first-order valence-corrected chi connectivity index (χ1v) is 9.66. The molecule has 2 N–H and O–H groups in total. The van der Waals surface area contributed by atoms with Gasteiger partial charge >= 0.3 is 5.63 Å². The van der Waals surface area contributed by atoms with Crippen LogP contribution in [0.25, 0.3) is 11.0 Å². The maximum absolute atomic E-state index is 11.6. The lowest BCUT2D eigenvalue weighted by atomic mass is 10.0. The number of aryl methyl sites for hydroxylation is 1. The van der Waals surface area contributed by atoms with E-state index < -0.39 is 5.97 Å². The predicted molar refractivity (Wildman–Crippen MR) is 106 cm³/mol. The number of benzene rings is 1. The van der Waals surface area contributed by atoms with Crippen LogP contribution < -0.4 is 15.6 Å². The lowest BCUT2D eigenvalue weighted by Gasteiger charge is -2.24. The van der Waals surface area contributed by atoms with E-state index in [0.29, 0.717) is 5.58 Å². The van der Waals surface area contributed by atoms with Gasteiger partial charge in [0.2, 0.25) is 0 Å². The van der Waals surface area contributed by atoms with Gasteiger partial charge in [-0.3, -0.25) is 4.98 Å². The van der Waals surface area contributed by atoms with Crippen LogP contribution in [0, 0.1) is 6.92 Å². The average molecular weight is 396 g/mol. The fourth-order valence-corrected chi connectivity index (χ4v) is 3.56. The number of hydrogen-bond acceptors (Lipinski definition) is 6. The van der Waals surface area contributed by atoms with E-state index in [1.807, 2.05) is 13.0 Å². The summed E-state index contributed by atoms with van der Waals surface area (Å²) in [5.74, 6) is -0.965. The Morgan fingerprint density at radius 2 is 2.00 bits per heavy atom. The van der Waals surface area contributed by atoms with Gasteiger partial charge in [0.05, 0.1) is 24.6 Å². The van der Waals surface area contributed by atoms with Crippen molar-refractivity contribution in [3.63, 3.8) is 0 Å². The second-order valence-corrected chi connectivity index (χ2v) is 7.20. The molecule has 2 aromatic heterocycles. The maximum Gasteiger partial charge on any atom is 0.336 e. The fourth-order valence-electron chi connectivity index (χ4n) is 3.56. The first kappa shape index (κ1) is 20.5. The van der Waals surface area contributed by atoms with E-state index in [0.717, 1.165) is 36.1 Å². The van der Waals surface area contributed by atoms with Crippen LogP contribution in [0.1, 0.15) is 40.7 Å². The van der Waals surface area contributed by atoms with Gasteiger partial charge in [0.25, 0.3) is 0 Å². The third kappa shape index (κ3) is 5.20. The van der Waals surface area contributed by atoms with E-state index in [1.165, 1.54) is 48.7 Å². The Morgan fingerprint density at radius 1 is 1.24 bits per heavy atom. The summed E-state index contributed by atoms with van der Waals surface area (Å²) in [5, 5.41) is 21.1. The molecule has 1 aliphatic heterocycles. The molecule has 29 heavy (non-hydrogen) atoms. The molecule has 3 heterocycles. The number of aromatic carboxylic acids is 1. The summed E-state index contributed by atoms with van der Waals surface area (Å²) in [6.07, 6.45) is 6.49. The first-order valence-electron chi connectivity index (χ1n) is 9.66. The zero-order valence-electron chi connectivity index (χ0n) is 16.3. The first-order chi connectivity index (χ1) is 14.0. The number of piperidine rings is 1. The van der Waals surface area contributed by atoms with Crippen LogP contribution in [0.2, 0.25) is 0 Å². The molecular weight excluding hydrogens is 372 g/mol. The van der Waals surface area contributed by atoms with Gasteiger partial charge in [-0.25, -0.2) is 4.79 Å². The minimum absolute atomic E-state index is 0.109. The molecule has 1 saturated heterocycles. The van der Waals surface area contributed by atoms with Gasteiger partial charge in [-0.15, -0.1) is 0 Å². The molecule has 0 spiro atoms. The Balaban J connectivity index is 0.000000224. The van der Waals surface area contributed by atoms with E-state index in [4.69, 9.17) is 4.42 Å². The van der Waals surface area contributed by atoms with Crippen LogP contribution in [-0.4, -0.2) is 29.1 Å². The molecule has 0 atom stereocenters. The number of aromatic nitrogens is 1. The molecule has 0 unspecified atom stereocenters. The topological polar surface area (TPSA) is 108 Å². The molecule has 1 aromatic carbocycles. The minimum Gasteiger partial charge on any atom is -0.545 e. The fraction of sp³-hybridized carbons (Fsp3) is 0.318. The Labute approximate surface area is 168 Å². The number of fused-ring (bicyclic) bond motifs is 1. The van der Waals surface area contributed by atoms with Gasteiger partial charge in [-0.2, -0.15) is 0 Å². The smallest absolute Gasteiger partial charge is 0.336 e. The molecule has 7 heteroatoms. The number of carboxylic acid groups (broad SMARTS) is 1. The average Bonchev–Trinajstić information content (AvgIpc) is 2.72. The molecule has 0 radical (unpaired) electrons. The van der Waals surface area contributed by atoms with Crippen molar-refractivity contribution in [2.45, 2.75) is 32.7 Å². The molecular formula is C22H24N2O5. The number of phenols is 1. The summed E-state index contributed by atoms with van der Waals surface area (Å²) in [4.78, 5) is 26.7. The Morgan fingerprint density at radius 3 is 2.62 bits per heavy atom. The molecule has 1 fully saturated rings. The normalized spacial score (nSPS) is 14.2. The van der Waals surface area contributed by atoms with E-state index in [1.54, 1.807) is 12.1 Å². The lowest BCUT2D eigenvalue weighted by Crippen LogP contribution is -3.11. The lowest BCUT2D eigenvalue weighted by molar-refractivity contribution is -0.918. The molecule has 0 amide bonds. The number of quaternary nitrogens is 1. The summed E-state index contributed by atoms with van der Waals surface area (Å²) >= 11 is 0. The highest BCUT2D eigenvalue weighted by Gasteiger charge is 2.19. The van der Waals surface area contributed by atoms with Crippen LogP contribution in [0.3, 0.4) is 0 Å². The van der Waals surface area contributed by atoms with E-state index in [9.17, 15) is 19.8 Å². The summed E-state index contributed by atoms with van der Waals surface area (Å²) in [5.41, 5.74) is 1.97. The molecule has 1 aliphatic rings. The van der Waals surface area contributed by atoms with E-state index in [2.05, 4.69) is 4.98 Å². The number of rotatable bonds is 3. The zero-order valence-corrected chi connectivity index (χ0v) is 16.3. The van der Waals surface area contributed by atoms with Crippen LogP contribution in [0.15, 0.2) is 51.9 Å². The SMILES string of the molecule is Cc1cc(=O)oc2c(C[NH+]3CCCCC3)c(O)ccc12.O=C([O-])c1cccnc1. The number of hydrogen-bond donors (Lipinski definition) is 2. The van der Waals surface area contributed by atoms with Crippen LogP contribution in [0.4, 0.5) is 0 Å². The van der Waals surface area contributed by atoms with Gasteiger partial charge < -0.3 is 24.3 Å². The van der Waals surface area contributed by atoms with Crippen molar-refractivity contribution in [3.05, 3.63) is 69.8 Å². The van der Waals surface area contributed by atoms with Crippen molar-refractivity contribution in [2.75, 3.05) is 13.1 Å². The third-order valence-corrected chi connectivity index (χ3v) is 5.08. The summed E-state index contributed by atoms with van der Waals surface area (Å²) in [6.45, 7) is 4.85. The van der Waals surface area contributed by atoms with Crippen molar-refractivity contribution in [2.24, 2.45) is 0 Å². The molecule has 3 aromatic rings. The molecule has 0 saturated carbocycles. The van der Waals surface area contributed by atoms with Crippen molar-refractivity contribution in [1.29, 1.82) is 0 Å². The molecule has 152 valence electrons. The molecule has 7 nitrogen and oxygen atoms in total.